The van der Waals surface area contributed by atoms with Crippen molar-refractivity contribution in [2.75, 3.05) is 13.1 Å². The quantitative estimate of drug-likeness (QED) is 0.836. The Morgan fingerprint density at radius 1 is 1.38 bits per heavy atom. The van der Waals surface area contributed by atoms with Crippen LogP contribution in [0.5, 0.6) is 0 Å². The molecule has 1 aromatic carbocycles. The smallest absolute Gasteiger partial charge is 0.335 e. The van der Waals surface area contributed by atoms with Crippen LogP contribution < -0.4 is 0 Å². The average Bonchev–Trinajstić information content (AvgIpc) is 2.27. The predicted molar refractivity (Wildman–Crippen MR) is 60.0 cm³/mol. The first-order valence-corrected chi connectivity index (χ1v) is 5.32. The molecular formula is C12H16FNO2. The molecule has 0 aromatic heterocycles. The number of carboxylic acids is 1. The van der Waals surface area contributed by atoms with Crippen LogP contribution in [-0.2, 0) is 6.54 Å². The maximum atomic E-state index is 13.6. The second-order valence-corrected chi connectivity index (χ2v) is 3.57. The van der Waals surface area contributed by atoms with Gasteiger partial charge in [0.25, 0.3) is 0 Å². The Balaban J connectivity index is 2.86. The fourth-order valence-electron chi connectivity index (χ4n) is 1.50. The van der Waals surface area contributed by atoms with Gasteiger partial charge in [0, 0.05) is 12.1 Å². The monoisotopic (exact) mass is 225 g/mol. The molecule has 4 heteroatoms. The van der Waals surface area contributed by atoms with Gasteiger partial charge in [0.05, 0.1) is 5.56 Å². The topological polar surface area (TPSA) is 40.5 Å². The lowest BCUT2D eigenvalue weighted by molar-refractivity contribution is 0.0696. The molecule has 0 atom stereocenters. The highest BCUT2D eigenvalue weighted by Gasteiger charge is 2.10. The summed E-state index contributed by atoms with van der Waals surface area (Å²) in [5, 5.41) is 8.70. The predicted octanol–water partition coefficient (Wildman–Crippen LogP) is 2.37. The van der Waals surface area contributed by atoms with Crippen LogP contribution >= 0.6 is 0 Å². The van der Waals surface area contributed by atoms with Gasteiger partial charge in [-0.15, -0.1) is 0 Å². The molecule has 0 spiro atoms. The van der Waals surface area contributed by atoms with Crippen molar-refractivity contribution in [2.45, 2.75) is 20.4 Å². The normalized spacial score (nSPS) is 10.8. The number of nitrogens with zero attached hydrogens (tertiary/aromatic N) is 1. The Hall–Kier alpha value is -1.42. The fourth-order valence-corrected chi connectivity index (χ4v) is 1.50. The molecule has 0 amide bonds. The molecule has 1 aromatic rings. The first-order valence-electron chi connectivity index (χ1n) is 5.32. The number of hydrogen-bond acceptors (Lipinski definition) is 2. The van der Waals surface area contributed by atoms with E-state index in [-0.39, 0.29) is 5.56 Å². The zero-order valence-electron chi connectivity index (χ0n) is 9.53. The molecule has 1 rings (SSSR count). The minimum absolute atomic E-state index is 0.0132. The van der Waals surface area contributed by atoms with Crippen LogP contribution in [-0.4, -0.2) is 29.1 Å². The Labute approximate surface area is 94.5 Å². The van der Waals surface area contributed by atoms with Crippen molar-refractivity contribution in [1.82, 2.24) is 4.90 Å². The number of aromatic carboxylic acids is 1. The van der Waals surface area contributed by atoms with Crippen LogP contribution in [0.15, 0.2) is 18.2 Å². The van der Waals surface area contributed by atoms with E-state index in [2.05, 4.69) is 4.90 Å². The van der Waals surface area contributed by atoms with E-state index in [0.717, 1.165) is 19.2 Å². The molecular weight excluding hydrogens is 209 g/mol. The van der Waals surface area contributed by atoms with E-state index in [0.29, 0.717) is 12.1 Å². The summed E-state index contributed by atoms with van der Waals surface area (Å²) >= 11 is 0. The van der Waals surface area contributed by atoms with Crippen LogP contribution in [0.25, 0.3) is 0 Å². The summed E-state index contributed by atoms with van der Waals surface area (Å²) in [4.78, 5) is 12.7. The van der Waals surface area contributed by atoms with Crippen molar-refractivity contribution in [3.63, 3.8) is 0 Å². The van der Waals surface area contributed by atoms with E-state index in [1.54, 1.807) is 0 Å². The summed E-state index contributed by atoms with van der Waals surface area (Å²) < 4.78 is 13.6. The van der Waals surface area contributed by atoms with Crippen LogP contribution in [0.4, 0.5) is 4.39 Å². The maximum absolute atomic E-state index is 13.6. The number of halogens is 1. The van der Waals surface area contributed by atoms with Gasteiger partial charge in [-0.05, 0) is 25.2 Å². The van der Waals surface area contributed by atoms with Gasteiger partial charge in [0.2, 0.25) is 0 Å². The van der Waals surface area contributed by atoms with E-state index in [4.69, 9.17) is 5.11 Å². The summed E-state index contributed by atoms with van der Waals surface area (Å²) in [6, 6.07) is 4.04. The van der Waals surface area contributed by atoms with Crippen molar-refractivity contribution in [3.8, 4) is 0 Å². The molecule has 0 heterocycles. The van der Waals surface area contributed by atoms with Gasteiger partial charge < -0.3 is 5.11 Å². The van der Waals surface area contributed by atoms with E-state index < -0.39 is 11.8 Å². The third-order valence-electron chi connectivity index (χ3n) is 2.59. The summed E-state index contributed by atoms with van der Waals surface area (Å²) in [5.41, 5.74) is 0.523. The lowest BCUT2D eigenvalue weighted by Crippen LogP contribution is -2.22. The van der Waals surface area contributed by atoms with Gasteiger partial charge in [-0.2, -0.15) is 0 Å². The molecule has 1 N–H and O–H groups in total. The van der Waals surface area contributed by atoms with Crippen molar-refractivity contribution >= 4 is 5.97 Å². The maximum Gasteiger partial charge on any atom is 0.335 e. The second-order valence-electron chi connectivity index (χ2n) is 3.57. The minimum Gasteiger partial charge on any atom is -0.478 e. The van der Waals surface area contributed by atoms with Crippen molar-refractivity contribution < 1.29 is 14.3 Å². The first-order chi connectivity index (χ1) is 7.58. The molecule has 0 fully saturated rings. The van der Waals surface area contributed by atoms with Gasteiger partial charge in [0.1, 0.15) is 5.82 Å². The van der Waals surface area contributed by atoms with Gasteiger partial charge in [0.15, 0.2) is 0 Å². The van der Waals surface area contributed by atoms with Crippen molar-refractivity contribution in [1.29, 1.82) is 0 Å². The van der Waals surface area contributed by atoms with E-state index in [9.17, 15) is 9.18 Å². The molecule has 0 aliphatic carbocycles. The Morgan fingerprint density at radius 2 is 2.00 bits per heavy atom. The third kappa shape index (κ3) is 3.03. The number of hydrogen-bond donors (Lipinski definition) is 1. The van der Waals surface area contributed by atoms with Crippen LogP contribution in [0.2, 0.25) is 0 Å². The highest BCUT2D eigenvalue weighted by Crippen LogP contribution is 2.13. The summed E-state index contributed by atoms with van der Waals surface area (Å²) in [7, 11) is 0. The summed E-state index contributed by atoms with van der Waals surface area (Å²) in [5.74, 6) is -1.56. The zero-order valence-corrected chi connectivity index (χ0v) is 9.53. The van der Waals surface area contributed by atoms with Crippen molar-refractivity contribution in [3.05, 3.63) is 35.1 Å². The largest absolute Gasteiger partial charge is 0.478 e. The van der Waals surface area contributed by atoms with Gasteiger partial charge >= 0.3 is 5.97 Å². The molecule has 0 unspecified atom stereocenters. The highest BCUT2D eigenvalue weighted by atomic mass is 19.1. The third-order valence-corrected chi connectivity index (χ3v) is 2.59. The molecule has 88 valence electrons. The van der Waals surface area contributed by atoms with E-state index >= 15 is 0 Å². The zero-order chi connectivity index (χ0) is 12.1. The molecule has 16 heavy (non-hydrogen) atoms. The fraction of sp³-hybridized carbons (Fsp3) is 0.417. The van der Waals surface area contributed by atoms with Gasteiger partial charge in [-0.1, -0.05) is 19.9 Å². The number of carboxylic acid groups (broad SMARTS) is 1. The average molecular weight is 225 g/mol. The minimum atomic E-state index is -1.10. The van der Waals surface area contributed by atoms with Crippen LogP contribution in [0, 0.1) is 5.82 Å². The summed E-state index contributed by atoms with van der Waals surface area (Å²) in [6.07, 6.45) is 0. The Kier molecular flexibility index (Phi) is 4.43. The number of rotatable bonds is 5. The molecule has 0 bridgehead atoms. The Morgan fingerprint density at radius 3 is 2.44 bits per heavy atom. The lowest BCUT2D eigenvalue weighted by atomic mass is 10.1. The molecule has 0 saturated heterocycles. The number of benzene rings is 1. The summed E-state index contributed by atoms with van der Waals surface area (Å²) in [6.45, 7) is 6.21. The standard InChI is InChI=1S/C12H16FNO2/c1-3-14(4-2)8-10-6-5-9(12(15)16)7-11(10)13/h5-7H,3-4,8H2,1-2H3,(H,15,16). The highest BCUT2D eigenvalue weighted by molar-refractivity contribution is 5.87. The van der Waals surface area contributed by atoms with E-state index in [1.165, 1.54) is 12.1 Å². The van der Waals surface area contributed by atoms with E-state index in [1.807, 2.05) is 13.8 Å². The molecule has 0 radical (unpaired) electrons. The molecule has 0 aliphatic heterocycles. The van der Waals surface area contributed by atoms with Crippen LogP contribution in [0.3, 0.4) is 0 Å². The second kappa shape index (κ2) is 5.61. The van der Waals surface area contributed by atoms with Gasteiger partial charge in [-0.25, -0.2) is 9.18 Å². The molecule has 3 nitrogen and oxygen atoms in total. The molecule has 0 saturated carbocycles. The molecule has 0 aliphatic rings. The van der Waals surface area contributed by atoms with Gasteiger partial charge in [-0.3, -0.25) is 4.90 Å². The lowest BCUT2D eigenvalue weighted by Gasteiger charge is -2.18. The Bertz CT molecular complexity index is 375. The first kappa shape index (κ1) is 12.6. The SMILES string of the molecule is CCN(CC)Cc1ccc(C(=O)O)cc1F. The van der Waals surface area contributed by atoms with Crippen LogP contribution in [0.1, 0.15) is 29.8 Å². The van der Waals surface area contributed by atoms with Crippen molar-refractivity contribution in [2.24, 2.45) is 0 Å². The number of carbonyl (C=O) groups is 1.